The van der Waals surface area contributed by atoms with Gasteiger partial charge in [-0.25, -0.2) is 0 Å². The molecule has 0 saturated carbocycles. The second-order valence-electron chi connectivity index (χ2n) is 1.95. The molecule has 60 valence electrons. The molecule has 0 spiro atoms. The Hall–Kier alpha value is -0.547. The Balaban J connectivity index is 0. The van der Waals surface area contributed by atoms with Crippen LogP contribution in [0.3, 0.4) is 0 Å². The second-order valence-corrected chi connectivity index (χ2v) is 1.95. The first-order chi connectivity index (χ1) is 5.33. The molecule has 0 fully saturated rings. The Bertz CT molecular complexity index is 199. The SMILES string of the molecule is C=Cc1ccc([CH2-])cc1.[CH2-]C.[Zn+2]. The summed E-state index contributed by atoms with van der Waals surface area (Å²) < 4.78 is 0. The number of rotatable bonds is 1. The van der Waals surface area contributed by atoms with Gasteiger partial charge in [-0.15, -0.1) is 12.1 Å². The van der Waals surface area contributed by atoms with Gasteiger partial charge < -0.3 is 6.92 Å². The van der Waals surface area contributed by atoms with Crippen molar-refractivity contribution in [3.63, 3.8) is 0 Å². The van der Waals surface area contributed by atoms with Crippen LogP contribution in [-0.2, 0) is 19.5 Å². The normalized spacial score (nSPS) is 7.17. The predicted molar refractivity (Wildman–Crippen MR) is 52.0 cm³/mol. The first kappa shape index (κ1) is 14.0. The standard InChI is InChI=1S/C9H9.C2H5.Zn/c1-3-9-6-4-8(2)5-7-9;1-2;/h3-7H,1-2H2;1H2,2H3;/q2*-1;+2. The zero-order chi connectivity index (χ0) is 8.69. The average molecular weight is 212 g/mol. The molecule has 0 N–H and O–H groups in total. The van der Waals surface area contributed by atoms with E-state index in [1.54, 1.807) is 6.92 Å². The summed E-state index contributed by atoms with van der Waals surface area (Å²) in [5.41, 5.74) is 2.18. The van der Waals surface area contributed by atoms with Crippen molar-refractivity contribution in [1.29, 1.82) is 0 Å². The van der Waals surface area contributed by atoms with E-state index in [0.29, 0.717) is 0 Å². The molecule has 0 aromatic heterocycles. The fraction of sp³-hybridized carbons (Fsp3) is 0.0909. The van der Waals surface area contributed by atoms with Crippen LogP contribution in [0.25, 0.3) is 6.08 Å². The molecule has 1 heteroatoms. The molecule has 0 atom stereocenters. The molecule has 0 unspecified atom stereocenters. The summed E-state index contributed by atoms with van der Waals surface area (Å²) in [5, 5.41) is 0. The van der Waals surface area contributed by atoms with Crippen molar-refractivity contribution in [1.82, 2.24) is 0 Å². The van der Waals surface area contributed by atoms with Crippen LogP contribution in [0.15, 0.2) is 30.8 Å². The molecule has 0 saturated heterocycles. The number of hydrogen-bond acceptors (Lipinski definition) is 0. The minimum absolute atomic E-state index is 0. The summed E-state index contributed by atoms with van der Waals surface area (Å²) in [6, 6.07) is 7.93. The van der Waals surface area contributed by atoms with Gasteiger partial charge in [-0.2, -0.15) is 31.5 Å². The predicted octanol–water partition coefficient (Wildman–Crippen LogP) is 3.35. The van der Waals surface area contributed by atoms with Crippen molar-refractivity contribution < 1.29 is 19.5 Å². The van der Waals surface area contributed by atoms with Crippen LogP contribution in [0, 0.1) is 13.8 Å². The van der Waals surface area contributed by atoms with Gasteiger partial charge in [0.15, 0.2) is 0 Å². The maximum Gasteiger partial charge on any atom is 2.00 e. The number of hydrogen-bond donors (Lipinski definition) is 0. The van der Waals surface area contributed by atoms with Gasteiger partial charge >= 0.3 is 19.5 Å². The Morgan fingerprint density at radius 3 is 1.92 bits per heavy atom. The summed E-state index contributed by atoms with van der Waals surface area (Å²) in [7, 11) is 0. The third-order valence-electron chi connectivity index (χ3n) is 1.22. The minimum atomic E-state index is 0. The van der Waals surface area contributed by atoms with Crippen LogP contribution in [0.1, 0.15) is 18.1 Å². The maximum absolute atomic E-state index is 3.76. The number of benzene rings is 1. The molecule has 0 aliphatic carbocycles. The summed E-state index contributed by atoms with van der Waals surface area (Å²) in [5.74, 6) is 0. The van der Waals surface area contributed by atoms with Crippen molar-refractivity contribution >= 4 is 6.08 Å². The summed E-state index contributed by atoms with van der Waals surface area (Å²) >= 11 is 0. The van der Waals surface area contributed by atoms with Crippen LogP contribution in [0.4, 0.5) is 0 Å². The van der Waals surface area contributed by atoms with Gasteiger partial charge in [0.2, 0.25) is 0 Å². The largest absolute Gasteiger partial charge is 2.00 e. The van der Waals surface area contributed by atoms with E-state index in [4.69, 9.17) is 0 Å². The second kappa shape index (κ2) is 8.55. The van der Waals surface area contributed by atoms with Crippen molar-refractivity contribution in [2.75, 3.05) is 0 Å². The van der Waals surface area contributed by atoms with E-state index in [9.17, 15) is 0 Å². The first-order valence-electron chi connectivity index (χ1n) is 3.58. The summed E-state index contributed by atoms with van der Waals surface area (Å²) in [6.45, 7) is 12.4. The Morgan fingerprint density at radius 2 is 1.58 bits per heavy atom. The van der Waals surface area contributed by atoms with Crippen molar-refractivity contribution in [2.24, 2.45) is 0 Å². The molecular formula is C11H14Zn. The van der Waals surface area contributed by atoms with E-state index in [-0.39, 0.29) is 19.5 Å². The molecule has 0 nitrogen and oxygen atoms in total. The van der Waals surface area contributed by atoms with E-state index < -0.39 is 0 Å². The Kier molecular flexibility index (Phi) is 9.98. The van der Waals surface area contributed by atoms with Gasteiger partial charge in [0.1, 0.15) is 0 Å². The maximum atomic E-state index is 3.76. The van der Waals surface area contributed by atoms with Gasteiger partial charge in [0.05, 0.1) is 0 Å². The van der Waals surface area contributed by atoms with E-state index in [2.05, 4.69) is 20.4 Å². The minimum Gasteiger partial charge on any atom is -0.346 e. The molecule has 1 aromatic rings. The third-order valence-corrected chi connectivity index (χ3v) is 1.22. The Labute approximate surface area is 88.5 Å². The van der Waals surface area contributed by atoms with Crippen molar-refractivity contribution in [3.8, 4) is 0 Å². The third kappa shape index (κ3) is 5.15. The van der Waals surface area contributed by atoms with E-state index in [1.807, 2.05) is 30.3 Å². The van der Waals surface area contributed by atoms with E-state index in [1.165, 1.54) is 0 Å². The van der Waals surface area contributed by atoms with Gasteiger partial charge in [-0.05, 0) is 0 Å². The molecule has 0 bridgehead atoms. The molecule has 0 aliphatic rings. The molecule has 12 heavy (non-hydrogen) atoms. The first-order valence-corrected chi connectivity index (χ1v) is 3.58. The van der Waals surface area contributed by atoms with Crippen molar-refractivity contribution in [3.05, 3.63) is 55.8 Å². The van der Waals surface area contributed by atoms with Gasteiger partial charge in [-0.1, -0.05) is 18.2 Å². The van der Waals surface area contributed by atoms with Crippen molar-refractivity contribution in [2.45, 2.75) is 6.92 Å². The van der Waals surface area contributed by atoms with Crippen LogP contribution >= 0.6 is 0 Å². The molecule has 0 heterocycles. The monoisotopic (exact) mass is 210 g/mol. The zero-order valence-corrected chi connectivity index (χ0v) is 10.7. The molecule has 1 aromatic carbocycles. The van der Waals surface area contributed by atoms with Gasteiger partial charge in [-0.3, -0.25) is 0 Å². The topological polar surface area (TPSA) is 0 Å². The van der Waals surface area contributed by atoms with Gasteiger partial charge in [0, 0.05) is 0 Å². The zero-order valence-electron chi connectivity index (χ0n) is 7.72. The van der Waals surface area contributed by atoms with E-state index >= 15 is 0 Å². The van der Waals surface area contributed by atoms with Crippen LogP contribution in [0.5, 0.6) is 0 Å². The average Bonchev–Trinajstić information content (AvgIpc) is 2.10. The van der Waals surface area contributed by atoms with Gasteiger partial charge in [0.25, 0.3) is 0 Å². The summed E-state index contributed by atoms with van der Waals surface area (Å²) in [6.07, 6.45) is 1.82. The Morgan fingerprint density at radius 1 is 1.17 bits per heavy atom. The molecule has 0 amide bonds. The smallest absolute Gasteiger partial charge is 0.346 e. The summed E-state index contributed by atoms with van der Waals surface area (Å²) in [4.78, 5) is 0. The van der Waals surface area contributed by atoms with E-state index in [0.717, 1.165) is 11.1 Å². The van der Waals surface area contributed by atoms with Crippen LogP contribution in [-0.4, -0.2) is 0 Å². The fourth-order valence-corrected chi connectivity index (χ4v) is 0.654. The van der Waals surface area contributed by atoms with Crippen LogP contribution < -0.4 is 0 Å². The fourth-order valence-electron chi connectivity index (χ4n) is 0.654. The molecule has 0 radical (unpaired) electrons. The molecule has 0 aliphatic heterocycles. The molecule has 1 rings (SSSR count). The quantitative estimate of drug-likeness (QED) is 0.494. The van der Waals surface area contributed by atoms with Crippen LogP contribution in [0.2, 0.25) is 0 Å². The molecular weight excluding hydrogens is 198 g/mol.